The van der Waals surface area contributed by atoms with E-state index < -0.39 is 10.0 Å². The van der Waals surface area contributed by atoms with E-state index in [2.05, 4.69) is 20.7 Å². The summed E-state index contributed by atoms with van der Waals surface area (Å²) in [5.41, 5.74) is 2.99. The Morgan fingerprint density at radius 3 is 2.81 bits per heavy atom. The van der Waals surface area contributed by atoms with Gasteiger partial charge in [0.1, 0.15) is 6.07 Å². The second kappa shape index (κ2) is 6.00. The molecule has 1 saturated heterocycles. The Kier molecular flexibility index (Phi) is 4.49. The molecule has 0 saturated carbocycles. The van der Waals surface area contributed by atoms with Gasteiger partial charge in [0.2, 0.25) is 10.0 Å². The lowest BCUT2D eigenvalue weighted by molar-refractivity contribution is 0.467. The van der Waals surface area contributed by atoms with Crippen molar-refractivity contribution < 1.29 is 8.42 Å². The molecule has 1 aliphatic heterocycles. The van der Waals surface area contributed by atoms with E-state index in [0.29, 0.717) is 17.8 Å². The van der Waals surface area contributed by atoms with Crippen LogP contribution in [-0.2, 0) is 10.0 Å². The molecule has 114 valence electrons. The molecule has 1 aromatic rings. The fourth-order valence-electron chi connectivity index (χ4n) is 2.79. The summed E-state index contributed by atoms with van der Waals surface area (Å²) in [5, 5.41) is 9.34. The van der Waals surface area contributed by atoms with E-state index in [-0.39, 0.29) is 6.04 Å². The highest BCUT2D eigenvalue weighted by atomic mass is 32.2. The number of hydrogen-bond acceptors (Lipinski definition) is 5. The second-order valence-electron chi connectivity index (χ2n) is 5.53. The highest BCUT2D eigenvalue weighted by Crippen LogP contribution is 2.26. The average molecular weight is 308 g/mol. The quantitative estimate of drug-likeness (QED) is 0.903. The molecule has 0 bridgehead atoms. The number of anilines is 1. The normalized spacial score (nSPS) is 19.3. The maximum Gasteiger partial charge on any atom is 0.209 e. The third-order valence-electron chi connectivity index (χ3n) is 3.56. The van der Waals surface area contributed by atoms with Crippen molar-refractivity contribution >= 4 is 15.7 Å². The van der Waals surface area contributed by atoms with Crippen molar-refractivity contribution in [3.05, 3.63) is 23.0 Å². The molecule has 6 nitrogen and oxygen atoms in total. The van der Waals surface area contributed by atoms with Crippen LogP contribution in [0, 0.1) is 25.2 Å². The summed E-state index contributed by atoms with van der Waals surface area (Å²) >= 11 is 0. The fourth-order valence-corrected chi connectivity index (χ4v) is 3.59. The van der Waals surface area contributed by atoms with E-state index in [1.165, 1.54) is 6.26 Å². The van der Waals surface area contributed by atoms with Gasteiger partial charge in [-0.05, 0) is 32.8 Å². The number of nitrogens with zero attached hydrogens (tertiary/aromatic N) is 3. The first kappa shape index (κ1) is 15.7. The van der Waals surface area contributed by atoms with Gasteiger partial charge in [-0.1, -0.05) is 0 Å². The summed E-state index contributed by atoms with van der Waals surface area (Å²) in [4.78, 5) is 6.39. The predicted molar refractivity (Wildman–Crippen MR) is 81.6 cm³/mol. The molecule has 1 aromatic heterocycles. The van der Waals surface area contributed by atoms with Gasteiger partial charge in [0.25, 0.3) is 0 Å². The molecule has 1 aliphatic rings. The third kappa shape index (κ3) is 3.93. The van der Waals surface area contributed by atoms with E-state index in [1.54, 1.807) is 0 Å². The minimum atomic E-state index is -3.22. The van der Waals surface area contributed by atoms with E-state index in [9.17, 15) is 13.7 Å². The van der Waals surface area contributed by atoms with Crippen molar-refractivity contribution in [1.29, 1.82) is 5.26 Å². The molecule has 2 rings (SSSR count). The van der Waals surface area contributed by atoms with Gasteiger partial charge in [-0.15, -0.1) is 0 Å². The number of nitrogens with one attached hydrogen (secondary N) is 1. The van der Waals surface area contributed by atoms with E-state index >= 15 is 0 Å². The van der Waals surface area contributed by atoms with Crippen LogP contribution in [0.25, 0.3) is 0 Å². The molecule has 0 aliphatic carbocycles. The Labute approximate surface area is 125 Å². The Morgan fingerprint density at radius 2 is 2.19 bits per heavy atom. The van der Waals surface area contributed by atoms with Crippen LogP contribution in [0.3, 0.4) is 0 Å². The zero-order valence-electron chi connectivity index (χ0n) is 12.5. The van der Waals surface area contributed by atoms with E-state index in [0.717, 1.165) is 30.8 Å². The zero-order chi connectivity index (χ0) is 15.6. The van der Waals surface area contributed by atoms with Gasteiger partial charge >= 0.3 is 0 Å². The van der Waals surface area contributed by atoms with Gasteiger partial charge < -0.3 is 4.90 Å². The van der Waals surface area contributed by atoms with Crippen LogP contribution in [0.1, 0.15) is 29.8 Å². The number of sulfonamides is 1. The first-order chi connectivity index (χ1) is 9.80. The van der Waals surface area contributed by atoms with E-state index in [4.69, 9.17) is 0 Å². The number of rotatable bonds is 3. The molecule has 1 N–H and O–H groups in total. The van der Waals surface area contributed by atoms with Gasteiger partial charge in [-0.25, -0.2) is 13.1 Å². The first-order valence-electron chi connectivity index (χ1n) is 6.91. The molecule has 21 heavy (non-hydrogen) atoms. The lowest BCUT2D eigenvalue weighted by atomic mass is 10.0. The van der Waals surface area contributed by atoms with Crippen LogP contribution in [-0.4, -0.2) is 38.8 Å². The number of aromatic nitrogens is 1. The predicted octanol–water partition coefficient (Wildman–Crippen LogP) is 1.09. The summed E-state index contributed by atoms with van der Waals surface area (Å²) in [7, 11) is -3.22. The van der Waals surface area contributed by atoms with Crippen molar-refractivity contribution in [3.63, 3.8) is 0 Å². The topological polar surface area (TPSA) is 86.1 Å². The highest BCUT2D eigenvalue weighted by Gasteiger charge is 2.24. The Bertz CT molecular complexity index is 679. The van der Waals surface area contributed by atoms with Crippen molar-refractivity contribution in [1.82, 2.24) is 9.71 Å². The van der Waals surface area contributed by atoms with Crippen LogP contribution >= 0.6 is 0 Å². The minimum absolute atomic E-state index is 0.117. The van der Waals surface area contributed by atoms with Crippen LogP contribution in [0.4, 0.5) is 5.69 Å². The molecular formula is C14H20N4O2S. The van der Waals surface area contributed by atoms with E-state index in [1.807, 2.05) is 19.9 Å². The lowest BCUT2D eigenvalue weighted by Gasteiger charge is -2.35. The van der Waals surface area contributed by atoms with Crippen molar-refractivity contribution in [3.8, 4) is 6.07 Å². The van der Waals surface area contributed by atoms with Crippen LogP contribution < -0.4 is 9.62 Å². The molecule has 1 fully saturated rings. The Morgan fingerprint density at radius 1 is 1.48 bits per heavy atom. The number of pyridine rings is 1. The van der Waals surface area contributed by atoms with Crippen molar-refractivity contribution in [2.24, 2.45) is 0 Å². The lowest BCUT2D eigenvalue weighted by Crippen LogP contribution is -2.47. The number of piperidine rings is 1. The SMILES string of the molecule is Cc1cc(N2CCCC(NS(C)(=O)=O)C2)c(C#N)c(C)n1. The average Bonchev–Trinajstić information content (AvgIpc) is 2.36. The van der Waals surface area contributed by atoms with Crippen molar-refractivity contribution in [2.45, 2.75) is 32.7 Å². The van der Waals surface area contributed by atoms with Gasteiger partial charge in [-0.3, -0.25) is 4.98 Å². The summed E-state index contributed by atoms with van der Waals surface area (Å²) in [6.45, 7) is 5.11. The zero-order valence-corrected chi connectivity index (χ0v) is 13.4. The minimum Gasteiger partial charge on any atom is -0.369 e. The summed E-state index contributed by atoms with van der Waals surface area (Å²) in [6.07, 6.45) is 2.88. The number of aryl methyl sites for hydroxylation is 2. The molecular weight excluding hydrogens is 288 g/mol. The second-order valence-corrected chi connectivity index (χ2v) is 7.31. The molecule has 0 aromatic carbocycles. The van der Waals surface area contributed by atoms with Crippen LogP contribution in [0.2, 0.25) is 0 Å². The smallest absolute Gasteiger partial charge is 0.209 e. The largest absolute Gasteiger partial charge is 0.369 e. The van der Waals surface area contributed by atoms with Gasteiger partial charge in [0.05, 0.1) is 23.2 Å². The third-order valence-corrected chi connectivity index (χ3v) is 4.32. The summed E-state index contributed by atoms with van der Waals surface area (Å²) in [5.74, 6) is 0. The highest BCUT2D eigenvalue weighted by molar-refractivity contribution is 7.88. The fraction of sp³-hybridized carbons (Fsp3) is 0.571. The van der Waals surface area contributed by atoms with Crippen LogP contribution in [0.5, 0.6) is 0 Å². The molecule has 7 heteroatoms. The number of hydrogen-bond donors (Lipinski definition) is 1. The van der Waals surface area contributed by atoms with Crippen LogP contribution in [0.15, 0.2) is 6.07 Å². The summed E-state index contributed by atoms with van der Waals surface area (Å²) < 4.78 is 25.4. The Hall–Kier alpha value is -1.65. The first-order valence-corrected chi connectivity index (χ1v) is 8.80. The van der Waals surface area contributed by atoms with Gasteiger partial charge in [0.15, 0.2) is 0 Å². The van der Waals surface area contributed by atoms with Gasteiger partial charge in [0, 0.05) is 24.8 Å². The number of nitriles is 1. The maximum absolute atomic E-state index is 11.4. The standard InChI is InChI=1S/C14H20N4O2S/c1-10-7-14(13(8-15)11(2)16-10)18-6-4-5-12(9-18)17-21(3,19)20/h7,12,17H,4-6,9H2,1-3H3. The molecule has 2 heterocycles. The maximum atomic E-state index is 11.4. The molecule has 0 spiro atoms. The Balaban J connectivity index is 2.28. The van der Waals surface area contributed by atoms with Gasteiger partial charge in [-0.2, -0.15) is 5.26 Å². The molecule has 0 radical (unpaired) electrons. The molecule has 1 atom stereocenters. The summed E-state index contributed by atoms with van der Waals surface area (Å²) in [6, 6.07) is 3.99. The molecule has 0 amide bonds. The molecule has 1 unspecified atom stereocenters. The monoisotopic (exact) mass is 308 g/mol. The van der Waals surface area contributed by atoms with Crippen molar-refractivity contribution in [2.75, 3.05) is 24.2 Å².